The van der Waals surface area contributed by atoms with Gasteiger partial charge in [-0.05, 0) is 48.9 Å². The zero-order valence-electron chi connectivity index (χ0n) is 13.3. The van der Waals surface area contributed by atoms with E-state index in [2.05, 4.69) is 53.4 Å². The van der Waals surface area contributed by atoms with Crippen LogP contribution in [0.5, 0.6) is 0 Å². The molecule has 3 aromatic rings. The highest BCUT2D eigenvalue weighted by Gasteiger charge is 2.22. The van der Waals surface area contributed by atoms with Crippen molar-refractivity contribution in [3.63, 3.8) is 0 Å². The van der Waals surface area contributed by atoms with Crippen LogP contribution in [-0.4, -0.2) is 11.5 Å². The zero-order valence-corrected chi connectivity index (χ0v) is 14.1. The number of aryl methyl sites for hydroxylation is 2. The minimum atomic E-state index is 0.668. The van der Waals surface area contributed by atoms with Crippen LogP contribution in [-0.2, 0) is 13.0 Å². The van der Waals surface area contributed by atoms with E-state index in [-0.39, 0.29) is 0 Å². The fraction of sp³-hybridized carbons (Fsp3) is 0.263. The number of benzene rings is 1. The molecule has 3 heterocycles. The van der Waals surface area contributed by atoms with Crippen LogP contribution in [0.2, 0.25) is 0 Å². The molecule has 114 valence electrons. The molecule has 0 atom stereocenters. The Hall–Kier alpha value is -2.38. The number of thiophene rings is 1. The molecular formula is C19H17N3S. The van der Waals surface area contributed by atoms with Crippen LogP contribution in [0.3, 0.4) is 0 Å². The standard InChI is InChI=1S/C19H17N3S/c1-12-7-13(2)18-16(8-12)19(15(9-20)10-21-18)22-5-3-17-14(11-22)4-6-23-17/h4,6-8,10H,3,5,11H2,1-2H3. The van der Waals surface area contributed by atoms with Crippen molar-refractivity contribution >= 4 is 27.9 Å². The molecule has 23 heavy (non-hydrogen) atoms. The minimum absolute atomic E-state index is 0.668. The molecule has 1 aromatic carbocycles. The first-order valence-corrected chi connectivity index (χ1v) is 8.65. The smallest absolute Gasteiger partial charge is 0.103 e. The van der Waals surface area contributed by atoms with E-state index in [0.717, 1.165) is 36.1 Å². The van der Waals surface area contributed by atoms with Gasteiger partial charge in [-0.15, -0.1) is 11.3 Å². The van der Waals surface area contributed by atoms with E-state index in [0.29, 0.717) is 5.56 Å². The van der Waals surface area contributed by atoms with E-state index < -0.39 is 0 Å². The number of hydrogen-bond acceptors (Lipinski definition) is 4. The molecule has 0 N–H and O–H groups in total. The average Bonchev–Trinajstić information content (AvgIpc) is 3.01. The van der Waals surface area contributed by atoms with E-state index in [9.17, 15) is 5.26 Å². The molecule has 0 aliphatic carbocycles. The number of rotatable bonds is 1. The van der Waals surface area contributed by atoms with Gasteiger partial charge in [0.2, 0.25) is 0 Å². The Morgan fingerprint density at radius 1 is 1.30 bits per heavy atom. The first kappa shape index (κ1) is 14.2. The Balaban J connectivity index is 1.94. The molecule has 0 unspecified atom stereocenters. The summed E-state index contributed by atoms with van der Waals surface area (Å²) in [7, 11) is 0. The average molecular weight is 319 g/mol. The molecule has 4 heteroatoms. The lowest BCUT2D eigenvalue weighted by molar-refractivity contribution is 0.745. The van der Waals surface area contributed by atoms with Crippen molar-refractivity contribution in [1.29, 1.82) is 5.26 Å². The number of anilines is 1. The summed E-state index contributed by atoms with van der Waals surface area (Å²) in [5, 5.41) is 12.9. The van der Waals surface area contributed by atoms with Crippen molar-refractivity contribution in [2.24, 2.45) is 0 Å². The van der Waals surface area contributed by atoms with Gasteiger partial charge in [-0.25, -0.2) is 0 Å². The van der Waals surface area contributed by atoms with E-state index in [1.54, 1.807) is 6.20 Å². The molecule has 3 nitrogen and oxygen atoms in total. The summed E-state index contributed by atoms with van der Waals surface area (Å²) >= 11 is 1.84. The van der Waals surface area contributed by atoms with Crippen LogP contribution in [0.25, 0.3) is 10.9 Å². The molecule has 1 aliphatic heterocycles. The SMILES string of the molecule is Cc1cc(C)c2ncc(C#N)c(N3CCc4sccc4C3)c2c1. The van der Waals surface area contributed by atoms with Crippen LogP contribution < -0.4 is 4.90 Å². The van der Waals surface area contributed by atoms with Gasteiger partial charge < -0.3 is 4.90 Å². The minimum Gasteiger partial charge on any atom is -0.365 e. The van der Waals surface area contributed by atoms with Gasteiger partial charge >= 0.3 is 0 Å². The molecule has 0 spiro atoms. The van der Waals surface area contributed by atoms with E-state index >= 15 is 0 Å². The Morgan fingerprint density at radius 2 is 2.17 bits per heavy atom. The third kappa shape index (κ3) is 2.29. The third-order valence-electron chi connectivity index (χ3n) is 4.52. The molecule has 0 fully saturated rings. The van der Waals surface area contributed by atoms with Crippen molar-refractivity contribution in [2.75, 3.05) is 11.4 Å². The predicted molar refractivity (Wildman–Crippen MR) is 95.0 cm³/mol. The fourth-order valence-corrected chi connectivity index (χ4v) is 4.40. The maximum atomic E-state index is 9.59. The van der Waals surface area contributed by atoms with Crippen molar-refractivity contribution in [3.8, 4) is 6.07 Å². The lowest BCUT2D eigenvalue weighted by atomic mass is 10.0. The van der Waals surface area contributed by atoms with Crippen LogP contribution in [0.15, 0.2) is 29.8 Å². The topological polar surface area (TPSA) is 39.9 Å². The molecule has 4 rings (SSSR count). The second kappa shape index (κ2) is 5.36. The normalized spacial score (nSPS) is 13.9. The van der Waals surface area contributed by atoms with Gasteiger partial charge in [0.15, 0.2) is 0 Å². The summed E-state index contributed by atoms with van der Waals surface area (Å²) in [5.41, 5.74) is 6.47. The summed E-state index contributed by atoms with van der Waals surface area (Å²) in [5.74, 6) is 0. The van der Waals surface area contributed by atoms with Crippen molar-refractivity contribution in [3.05, 3.63) is 56.9 Å². The van der Waals surface area contributed by atoms with Crippen molar-refractivity contribution in [1.82, 2.24) is 4.98 Å². The lowest BCUT2D eigenvalue weighted by Crippen LogP contribution is -2.30. The predicted octanol–water partition coefficient (Wildman–Crippen LogP) is 4.35. The third-order valence-corrected chi connectivity index (χ3v) is 5.55. The largest absolute Gasteiger partial charge is 0.365 e. The van der Waals surface area contributed by atoms with E-state index in [1.807, 2.05) is 11.3 Å². The highest BCUT2D eigenvalue weighted by atomic mass is 32.1. The highest BCUT2D eigenvalue weighted by Crippen LogP contribution is 2.35. The fourth-order valence-electron chi connectivity index (χ4n) is 3.51. The quantitative estimate of drug-likeness (QED) is 0.669. The summed E-state index contributed by atoms with van der Waals surface area (Å²) in [6.45, 7) is 6.02. The number of nitriles is 1. The zero-order chi connectivity index (χ0) is 16.0. The summed E-state index contributed by atoms with van der Waals surface area (Å²) in [6.07, 6.45) is 2.77. The van der Waals surface area contributed by atoms with Crippen molar-refractivity contribution in [2.45, 2.75) is 26.8 Å². The molecule has 0 saturated carbocycles. The number of aromatic nitrogens is 1. The van der Waals surface area contributed by atoms with Gasteiger partial charge in [0.1, 0.15) is 6.07 Å². The summed E-state index contributed by atoms with van der Waals surface area (Å²) in [6, 6.07) is 8.86. The number of hydrogen-bond donors (Lipinski definition) is 0. The van der Waals surface area contributed by atoms with Gasteiger partial charge in [0, 0.05) is 29.5 Å². The first-order valence-electron chi connectivity index (χ1n) is 7.77. The van der Waals surface area contributed by atoms with Gasteiger partial charge in [-0.1, -0.05) is 11.6 Å². The number of fused-ring (bicyclic) bond motifs is 2. The Bertz CT molecular complexity index is 949. The molecular weight excluding hydrogens is 302 g/mol. The van der Waals surface area contributed by atoms with Crippen molar-refractivity contribution < 1.29 is 0 Å². The van der Waals surface area contributed by atoms with Gasteiger partial charge in [0.25, 0.3) is 0 Å². The summed E-state index contributed by atoms with van der Waals surface area (Å²) in [4.78, 5) is 8.36. The number of nitrogens with zero attached hydrogens (tertiary/aromatic N) is 3. The van der Waals surface area contributed by atoms with Crippen LogP contribution in [0.4, 0.5) is 5.69 Å². The Kier molecular flexibility index (Phi) is 3.32. The molecule has 0 radical (unpaired) electrons. The molecule has 0 amide bonds. The second-order valence-corrected chi connectivity index (χ2v) is 7.15. The number of pyridine rings is 1. The monoisotopic (exact) mass is 319 g/mol. The molecule has 1 aliphatic rings. The lowest BCUT2D eigenvalue weighted by Gasteiger charge is -2.30. The van der Waals surface area contributed by atoms with Crippen LogP contribution in [0.1, 0.15) is 27.1 Å². The summed E-state index contributed by atoms with van der Waals surface area (Å²) < 4.78 is 0. The van der Waals surface area contributed by atoms with Gasteiger partial charge in [-0.3, -0.25) is 4.98 Å². The van der Waals surface area contributed by atoms with Gasteiger partial charge in [0.05, 0.1) is 16.8 Å². The van der Waals surface area contributed by atoms with Gasteiger partial charge in [-0.2, -0.15) is 5.26 Å². The molecule has 0 bridgehead atoms. The first-order chi connectivity index (χ1) is 11.2. The van der Waals surface area contributed by atoms with E-state index in [4.69, 9.17) is 0 Å². The van der Waals surface area contributed by atoms with E-state index in [1.165, 1.54) is 21.6 Å². The Labute approximate surface area is 139 Å². The van der Waals surface area contributed by atoms with Crippen LogP contribution in [0, 0.1) is 25.2 Å². The molecule has 0 saturated heterocycles. The van der Waals surface area contributed by atoms with Crippen LogP contribution >= 0.6 is 11.3 Å². The molecule has 2 aromatic heterocycles. The Morgan fingerprint density at radius 3 is 3.00 bits per heavy atom. The maximum Gasteiger partial charge on any atom is 0.103 e. The highest BCUT2D eigenvalue weighted by molar-refractivity contribution is 7.10. The maximum absolute atomic E-state index is 9.59. The second-order valence-electron chi connectivity index (χ2n) is 6.15.